The van der Waals surface area contributed by atoms with Crippen molar-refractivity contribution in [3.05, 3.63) is 56.7 Å². The standard InChI is InChI=1S/C16H13ClN4O3S2/c1-21-15(24)13-11(6-7-25-13)18-16(21)26-8-12(22)19-20-14(23)9-2-4-10(17)5-3-9/h2-7H,8H2,1H3,(H,19,22)(H,20,23). The second-order valence-electron chi connectivity index (χ2n) is 5.19. The number of amides is 2. The Bertz CT molecular complexity index is 1030. The molecule has 0 unspecified atom stereocenters. The van der Waals surface area contributed by atoms with Gasteiger partial charge in [0.15, 0.2) is 5.16 Å². The van der Waals surface area contributed by atoms with Crippen LogP contribution in [0.4, 0.5) is 0 Å². The molecule has 7 nitrogen and oxygen atoms in total. The highest BCUT2D eigenvalue weighted by Gasteiger charge is 2.12. The van der Waals surface area contributed by atoms with E-state index in [1.165, 1.54) is 15.9 Å². The Labute approximate surface area is 161 Å². The minimum absolute atomic E-state index is 0.00315. The summed E-state index contributed by atoms with van der Waals surface area (Å²) in [4.78, 5) is 40.4. The lowest BCUT2D eigenvalue weighted by molar-refractivity contribution is -0.119. The Kier molecular flexibility index (Phi) is 5.60. The van der Waals surface area contributed by atoms with Crippen molar-refractivity contribution in [1.29, 1.82) is 0 Å². The quantitative estimate of drug-likeness (QED) is 0.392. The second-order valence-corrected chi connectivity index (χ2v) is 7.49. The summed E-state index contributed by atoms with van der Waals surface area (Å²) < 4.78 is 1.99. The average Bonchev–Trinajstić information content (AvgIpc) is 3.10. The predicted molar refractivity (Wildman–Crippen MR) is 103 cm³/mol. The molecule has 0 radical (unpaired) electrons. The van der Waals surface area contributed by atoms with Gasteiger partial charge in [-0.15, -0.1) is 11.3 Å². The highest BCUT2D eigenvalue weighted by molar-refractivity contribution is 7.99. The number of benzene rings is 1. The summed E-state index contributed by atoms with van der Waals surface area (Å²) in [5, 5.41) is 2.75. The molecule has 2 aromatic heterocycles. The molecule has 0 aliphatic heterocycles. The van der Waals surface area contributed by atoms with Crippen molar-refractivity contribution >= 4 is 56.7 Å². The van der Waals surface area contributed by atoms with E-state index in [-0.39, 0.29) is 11.3 Å². The smallest absolute Gasteiger partial charge is 0.271 e. The first-order chi connectivity index (χ1) is 12.5. The summed E-state index contributed by atoms with van der Waals surface area (Å²) >= 11 is 8.21. The zero-order valence-electron chi connectivity index (χ0n) is 13.5. The number of fused-ring (bicyclic) bond motifs is 1. The first-order valence-electron chi connectivity index (χ1n) is 7.37. The molecule has 3 rings (SSSR count). The molecule has 1 aromatic carbocycles. The molecule has 26 heavy (non-hydrogen) atoms. The zero-order chi connectivity index (χ0) is 18.7. The number of hydrazine groups is 1. The highest BCUT2D eigenvalue weighted by atomic mass is 35.5. The molecule has 0 atom stereocenters. The van der Waals surface area contributed by atoms with Crippen molar-refractivity contribution < 1.29 is 9.59 Å². The van der Waals surface area contributed by atoms with Crippen LogP contribution >= 0.6 is 34.7 Å². The lowest BCUT2D eigenvalue weighted by atomic mass is 10.2. The number of aromatic nitrogens is 2. The van der Waals surface area contributed by atoms with Crippen LogP contribution in [-0.2, 0) is 11.8 Å². The van der Waals surface area contributed by atoms with Crippen LogP contribution in [-0.4, -0.2) is 27.1 Å². The van der Waals surface area contributed by atoms with Gasteiger partial charge >= 0.3 is 0 Å². The van der Waals surface area contributed by atoms with Crippen LogP contribution < -0.4 is 16.4 Å². The topological polar surface area (TPSA) is 93.1 Å². The van der Waals surface area contributed by atoms with E-state index in [0.717, 1.165) is 11.8 Å². The van der Waals surface area contributed by atoms with Crippen molar-refractivity contribution in [3.63, 3.8) is 0 Å². The SMILES string of the molecule is Cn1c(SCC(=O)NNC(=O)c2ccc(Cl)cc2)nc2ccsc2c1=O. The van der Waals surface area contributed by atoms with Gasteiger partial charge in [-0.3, -0.25) is 29.8 Å². The molecule has 134 valence electrons. The summed E-state index contributed by atoms with van der Waals surface area (Å²) in [5.74, 6) is -0.876. The number of hydrogen-bond donors (Lipinski definition) is 2. The van der Waals surface area contributed by atoms with Gasteiger partial charge in [-0.1, -0.05) is 23.4 Å². The van der Waals surface area contributed by atoms with Gasteiger partial charge in [0.1, 0.15) is 4.70 Å². The molecule has 0 bridgehead atoms. The highest BCUT2D eigenvalue weighted by Crippen LogP contribution is 2.19. The normalized spacial score (nSPS) is 10.7. The van der Waals surface area contributed by atoms with Gasteiger partial charge in [0.25, 0.3) is 11.5 Å². The summed E-state index contributed by atoms with van der Waals surface area (Å²) in [6.45, 7) is 0. The number of halogens is 1. The van der Waals surface area contributed by atoms with Crippen molar-refractivity contribution in [2.45, 2.75) is 5.16 Å². The molecular weight excluding hydrogens is 396 g/mol. The molecule has 0 saturated heterocycles. The third kappa shape index (κ3) is 4.06. The number of thioether (sulfide) groups is 1. The van der Waals surface area contributed by atoms with Gasteiger partial charge in [0.2, 0.25) is 5.91 Å². The Morgan fingerprint density at radius 1 is 1.23 bits per heavy atom. The molecule has 0 spiro atoms. The number of carbonyl (C=O) groups is 2. The number of nitrogens with zero attached hydrogens (tertiary/aromatic N) is 2. The minimum atomic E-state index is -0.453. The van der Waals surface area contributed by atoms with Gasteiger partial charge < -0.3 is 0 Å². The molecular formula is C16H13ClN4O3S2. The number of rotatable bonds is 4. The van der Waals surface area contributed by atoms with Crippen molar-refractivity contribution in [3.8, 4) is 0 Å². The first kappa shape index (κ1) is 18.4. The molecule has 0 aliphatic carbocycles. The number of nitrogens with one attached hydrogen (secondary N) is 2. The first-order valence-corrected chi connectivity index (χ1v) is 9.62. The van der Waals surface area contributed by atoms with Crippen LogP contribution in [0.3, 0.4) is 0 Å². The van der Waals surface area contributed by atoms with E-state index < -0.39 is 11.8 Å². The lowest BCUT2D eigenvalue weighted by Gasteiger charge is -2.09. The second kappa shape index (κ2) is 7.90. The summed E-state index contributed by atoms with van der Waals surface area (Å²) in [6, 6.07) is 8.03. The zero-order valence-corrected chi connectivity index (χ0v) is 15.9. The van der Waals surface area contributed by atoms with Crippen molar-refractivity contribution in [2.75, 3.05) is 5.75 Å². The number of carbonyl (C=O) groups excluding carboxylic acids is 2. The van der Waals surface area contributed by atoms with E-state index in [1.54, 1.807) is 42.8 Å². The third-order valence-corrected chi connectivity index (χ3v) is 5.57. The maximum Gasteiger partial charge on any atom is 0.271 e. The Morgan fingerprint density at radius 3 is 2.69 bits per heavy atom. The molecule has 0 aliphatic rings. The van der Waals surface area contributed by atoms with E-state index in [0.29, 0.717) is 26.0 Å². The molecule has 10 heteroatoms. The van der Waals surface area contributed by atoms with Crippen molar-refractivity contribution in [2.24, 2.45) is 7.05 Å². The van der Waals surface area contributed by atoms with E-state index in [9.17, 15) is 14.4 Å². The van der Waals surface area contributed by atoms with E-state index in [1.807, 2.05) is 0 Å². The Morgan fingerprint density at radius 2 is 1.96 bits per heavy atom. The van der Waals surface area contributed by atoms with Crippen LogP contribution in [0.5, 0.6) is 0 Å². The van der Waals surface area contributed by atoms with Gasteiger partial charge in [-0.05, 0) is 35.7 Å². The molecule has 2 heterocycles. The van der Waals surface area contributed by atoms with Gasteiger partial charge in [-0.2, -0.15) is 0 Å². The summed E-state index contributed by atoms with van der Waals surface area (Å²) in [6.07, 6.45) is 0. The van der Waals surface area contributed by atoms with Crippen LogP contribution in [0.15, 0.2) is 45.7 Å². The number of hydrogen-bond acceptors (Lipinski definition) is 6. The molecule has 2 amide bonds. The minimum Gasteiger partial charge on any atom is -0.290 e. The Hall–Kier alpha value is -2.36. The molecule has 2 N–H and O–H groups in total. The van der Waals surface area contributed by atoms with Gasteiger partial charge in [-0.25, -0.2) is 4.98 Å². The monoisotopic (exact) mass is 408 g/mol. The van der Waals surface area contributed by atoms with E-state index in [2.05, 4.69) is 15.8 Å². The maximum atomic E-state index is 12.2. The van der Waals surface area contributed by atoms with Crippen LogP contribution in [0.25, 0.3) is 10.2 Å². The fourth-order valence-corrected chi connectivity index (χ4v) is 3.77. The van der Waals surface area contributed by atoms with E-state index in [4.69, 9.17) is 11.6 Å². The maximum absolute atomic E-state index is 12.2. The molecule has 0 saturated carbocycles. The van der Waals surface area contributed by atoms with Gasteiger partial charge in [0, 0.05) is 17.6 Å². The van der Waals surface area contributed by atoms with Crippen LogP contribution in [0.2, 0.25) is 5.02 Å². The summed E-state index contributed by atoms with van der Waals surface area (Å²) in [7, 11) is 1.61. The predicted octanol–water partition coefficient (Wildman–Crippen LogP) is 2.20. The lowest BCUT2D eigenvalue weighted by Crippen LogP contribution is -2.42. The van der Waals surface area contributed by atoms with Gasteiger partial charge in [0.05, 0.1) is 11.3 Å². The number of thiophene rings is 1. The van der Waals surface area contributed by atoms with Crippen molar-refractivity contribution in [1.82, 2.24) is 20.4 Å². The average molecular weight is 409 g/mol. The molecule has 3 aromatic rings. The third-order valence-electron chi connectivity index (χ3n) is 3.40. The largest absolute Gasteiger partial charge is 0.290 e. The van der Waals surface area contributed by atoms with Crippen LogP contribution in [0, 0.1) is 0 Å². The van der Waals surface area contributed by atoms with Crippen LogP contribution in [0.1, 0.15) is 10.4 Å². The fraction of sp³-hybridized carbons (Fsp3) is 0.125. The Balaban J connectivity index is 1.57. The summed E-state index contributed by atoms with van der Waals surface area (Å²) in [5.41, 5.74) is 5.48. The fourth-order valence-electron chi connectivity index (χ4n) is 2.06. The van der Waals surface area contributed by atoms with E-state index >= 15 is 0 Å². The molecule has 0 fully saturated rings.